The van der Waals surface area contributed by atoms with E-state index in [-0.39, 0.29) is 11.5 Å². The standard InChI is InChI=1S/C12H10O2.C2H6OS/c13-11-5-1-9(2-6-11)10-3-7-12(14)8-4-10;1-4(2)3/h1-8,13-14H;1-2H3. The van der Waals surface area contributed by atoms with Crippen LogP contribution < -0.4 is 0 Å². The second-order valence-electron chi connectivity index (χ2n) is 3.84. The fraction of sp³-hybridized carbons (Fsp3) is 0.143. The maximum Gasteiger partial charge on any atom is 0.115 e. The predicted octanol–water partition coefficient (Wildman–Crippen LogP) is 2.76. The van der Waals surface area contributed by atoms with Crippen LogP contribution in [0.2, 0.25) is 0 Å². The van der Waals surface area contributed by atoms with Crippen molar-refractivity contribution < 1.29 is 14.4 Å². The molecule has 2 aromatic rings. The number of phenols is 2. The molecule has 0 aromatic heterocycles. The fourth-order valence-electron chi connectivity index (χ4n) is 1.31. The van der Waals surface area contributed by atoms with Crippen molar-refractivity contribution in [3.63, 3.8) is 0 Å². The van der Waals surface area contributed by atoms with E-state index in [1.165, 1.54) is 0 Å². The van der Waals surface area contributed by atoms with Crippen molar-refractivity contribution in [2.75, 3.05) is 12.5 Å². The van der Waals surface area contributed by atoms with Crippen molar-refractivity contribution in [2.24, 2.45) is 0 Å². The quantitative estimate of drug-likeness (QED) is 0.832. The average Bonchev–Trinajstić information content (AvgIpc) is 2.31. The maximum atomic E-state index is 9.56. The van der Waals surface area contributed by atoms with Crippen LogP contribution in [0.1, 0.15) is 0 Å². The lowest BCUT2D eigenvalue weighted by Gasteiger charge is -2.01. The second kappa shape index (κ2) is 6.81. The molecule has 96 valence electrons. The Morgan fingerprint density at radius 3 is 1.17 bits per heavy atom. The molecule has 0 aliphatic heterocycles. The lowest BCUT2D eigenvalue weighted by Crippen LogP contribution is -1.75. The SMILES string of the molecule is CS(C)=O.Oc1ccc(-c2ccc(O)cc2)cc1. The molecule has 0 aliphatic carbocycles. The van der Waals surface area contributed by atoms with Gasteiger partial charge in [-0.2, -0.15) is 0 Å². The number of hydrogen-bond acceptors (Lipinski definition) is 3. The molecule has 18 heavy (non-hydrogen) atoms. The van der Waals surface area contributed by atoms with Crippen molar-refractivity contribution in [1.82, 2.24) is 0 Å². The smallest absolute Gasteiger partial charge is 0.115 e. The van der Waals surface area contributed by atoms with Gasteiger partial charge in [-0.3, -0.25) is 4.21 Å². The molecule has 0 radical (unpaired) electrons. The molecule has 4 heteroatoms. The van der Waals surface area contributed by atoms with Gasteiger partial charge < -0.3 is 10.2 Å². The Hall–Kier alpha value is -1.81. The van der Waals surface area contributed by atoms with E-state index in [1.807, 2.05) is 24.3 Å². The Morgan fingerprint density at radius 1 is 0.722 bits per heavy atom. The Labute approximate surface area is 109 Å². The van der Waals surface area contributed by atoms with Gasteiger partial charge in [-0.05, 0) is 35.4 Å². The van der Waals surface area contributed by atoms with Gasteiger partial charge in [-0.25, -0.2) is 0 Å². The molecule has 0 saturated carbocycles. The van der Waals surface area contributed by atoms with Crippen LogP contribution in [0, 0.1) is 0 Å². The van der Waals surface area contributed by atoms with Gasteiger partial charge >= 0.3 is 0 Å². The minimum absolute atomic E-state index is 0.257. The van der Waals surface area contributed by atoms with Crippen LogP contribution in [0.5, 0.6) is 11.5 Å². The molecular weight excluding hydrogens is 248 g/mol. The summed E-state index contributed by atoms with van der Waals surface area (Å²) in [6.07, 6.45) is 3.28. The lowest BCUT2D eigenvalue weighted by atomic mass is 10.1. The van der Waals surface area contributed by atoms with E-state index in [9.17, 15) is 4.21 Å². The predicted molar refractivity (Wildman–Crippen MR) is 75.2 cm³/mol. The highest BCUT2D eigenvalue weighted by Crippen LogP contribution is 2.23. The highest BCUT2D eigenvalue weighted by Gasteiger charge is 1.96. The van der Waals surface area contributed by atoms with Gasteiger partial charge in [0.2, 0.25) is 0 Å². The van der Waals surface area contributed by atoms with Crippen LogP contribution in [-0.4, -0.2) is 26.9 Å². The van der Waals surface area contributed by atoms with E-state index < -0.39 is 10.8 Å². The summed E-state index contributed by atoms with van der Waals surface area (Å²) in [5.41, 5.74) is 2.03. The molecule has 2 aromatic carbocycles. The number of aromatic hydroxyl groups is 2. The van der Waals surface area contributed by atoms with Gasteiger partial charge in [0.25, 0.3) is 0 Å². The summed E-state index contributed by atoms with van der Waals surface area (Å²) in [6, 6.07) is 13.9. The molecule has 0 atom stereocenters. The van der Waals surface area contributed by atoms with Crippen LogP contribution in [-0.2, 0) is 10.8 Å². The Balaban J connectivity index is 0.000000357. The van der Waals surface area contributed by atoms with E-state index in [2.05, 4.69) is 0 Å². The number of hydrogen-bond donors (Lipinski definition) is 2. The minimum atomic E-state index is -0.611. The molecule has 0 amide bonds. The largest absolute Gasteiger partial charge is 0.508 e. The molecule has 0 spiro atoms. The van der Waals surface area contributed by atoms with Crippen LogP contribution in [0.25, 0.3) is 11.1 Å². The first-order chi connectivity index (χ1) is 8.49. The first-order valence-electron chi connectivity index (χ1n) is 5.32. The monoisotopic (exact) mass is 264 g/mol. The van der Waals surface area contributed by atoms with E-state index in [0.29, 0.717) is 0 Å². The molecule has 2 N–H and O–H groups in total. The lowest BCUT2D eigenvalue weighted by molar-refractivity contribution is 0.474. The summed E-state index contributed by atoms with van der Waals surface area (Å²) in [7, 11) is -0.611. The van der Waals surface area contributed by atoms with E-state index in [4.69, 9.17) is 10.2 Å². The molecular formula is C14H16O3S. The normalized spacial score (nSPS) is 9.72. The summed E-state index contributed by atoms with van der Waals surface area (Å²) >= 11 is 0. The summed E-state index contributed by atoms with van der Waals surface area (Å²) in [6.45, 7) is 0. The van der Waals surface area contributed by atoms with Gasteiger partial charge in [0.05, 0.1) is 0 Å². The Kier molecular flexibility index (Phi) is 5.39. The van der Waals surface area contributed by atoms with Crippen LogP contribution >= 0.6 is 0 Å². The number of phenolic OH excluding ortho intramolecular Hbond substituents is 2. The zero-order valence-electron chi connectivity index (χ0n) is 10.3. The minimum Gasteiger partial charge on any atom is -0.508 e. The van der Waals surface area contributed by atoms with Crippen molar-refractivity contribution >= 4 is 10.8 Å². The van der Waals surface area contributed by atoms with Gasteiger partial charge in [-0.15, -0.1) is 0 Å². The third-order valence-electron chi connectivity index (χ3n) is 2.07. The number of rotatable bonds is 1. The van der Waals surface area contributed by atoms with Crippen molar-refractivity contribution in [2.45, 2.75) is 0 Å². The van der Waals surface area contributed by atoms with Crippen LogP contribution in [0.4, 0.5) is 0 Å². The second-order valence-corrected chi connectivity index (χ2v) is 5.32. The van der Waals surface area contributed by atoms with Gasteiger partial charge in [0.15, 0.2) is 0 Å². The molecule has 0 aliphatic rings. The van der Waals surface area contributed by atoms with Crippen molar-refractivity contribution in [3.05, 3.63) is 48.5 Å². The Bertz CT molecular complexity index is 456. The number of benzene rings is 2. The summed E-state index contributed by atoms with van der Waals surface area (Å²) in [5.74, 6) is 0.514. The molecule has 0 fully saturated rings. The van der Waals surface area contributed by atoms with Gasteiger partial charge in [0.1, 0.15) is 11.5 Å². The third-order valence-corrected chi connectivity index (χ3v) is 2.07. The molecule has 0 bridgehead atoms. The Morgan fingerprint density at radius 2 is 0.944 bits per heavy atom. The summed E-state index contributed by atoms with van der Waals surface area (Å²) in [5, 5.41) is 18.2. The zero-order valence-corrected chi connectivity index (χ0v) is 11.1. The van der Waals surface area contributed by atoms with Crippen LogP contribution in [0.15, 0.2) is 48.5 Å². The zero-order chi connectivity index (χ0) is 13.5. The first-order valence-corrected chi connectivity index (χ1v) is 7.29. The van der Waals surface area contributed by atoms with Crippen LogP contribution in [0.3, 0.4) is 0 Å². The summed E-state index contributed by atoms with van der Waals surface area (Å²) in [4.78, 5) is 0. The maximum absolute atomic E-state index is 9.56. The molecule has 0 heterocycles. The summed E-state index contributed by atoms with van der Waals surface area (Å²) < 4.78 is 9.56. The highest BCUT2D eigenvalue weighted by atomic mass is 32.2. The third kappa shape index (κ3) is 5.01. The van der Waals surface area contributed by atoms with Gasteiger partial charge in [0, 0.05) is 23.3 Å². The molecule has 2 rings (SSSR count). The van der Waals surface area contributed by atoms with Crippen molar-refractivity contribution in [3.8, 4) is 22.6 Å². The first kappa shape index (κ1) is 14.3. The average molecular weight is 264 g/mol. The fourth-order valence-corrected chi connectivity index (χ4v) is 1.31. The molecule has 3 nitrogen and oxygen atoms in total. The van der Waals surface area contributed by atoms with Gasteiger partial charge in [-0.1, -0.05) is 24.3 Å². The molecule has 0 unspecified atom stereocenters. The van der Waals surface area contributed by atoms with E-state index in [0.717, 1.165) is 11.1 Å². The topological polar surface area (TPSA) is 57.5 Å². The highest BCUT2D eigenvalue weighted by molar-refractivity contribution is 7.83. The van der Waals surface area contributed by atoms with E-state index in [1.54, 1.807) is 36.8 Å². The van der Waals surface area contributed by atoms with Crippen molar-refractivity contribution in [1.29, 1.82) is 0 Å². The van der Waals surface area contributed by atoms with E-state index >= 15 is 0 Å². The molecule has 0 saturated heterocycles.